The van der Waals surface area contributed by atoms with Crippen molar-refractivity contribution in [1.82, 2.24) is 9.97 Å². The zero-order valence-electron chi connectivity index (χ0n) is 10.0. The minimum atomic E-state index is -0.0348. The van der Waals surface area contributed by atoms with Gasteiger partial charge in [0.05, 0.1) is 5.69 Å². The Labute approximate surface area is 91.0 Å². The fraction of sp³-hybridized carbons (Fsp3) is 0.667. The van der Waals surface area contributed by atoms with Gasteiger partial charge in [0.1, 0.15) is 5.82 Å². The predicted octanol–water partition coefficient (Wildman–Crippen LogP) is 2.48. The number of hydrogen-bond donors (Lipinski definition) is 1. The van der Waals surface area contributed by atoms with Crippen LogP contribution in [0.3, 0.4) is 0 Å². The fourth-order valence-electron chi connectivity index (χ4n) is 1.37. The van der Waals surface area contributed by atoms with Crippen LogP contribution in [0.5, 0.6) is 0 Å². The number of aromatic amines is 1. The third-order valence-corrected chi connectivity index (χ3v) is 2.36. The number of aryl methyl sites for hydroxylation is 1. The van der Waals surface area contributed by atoms with Crippen molar-refractivity contribution in [2.75, 3.05) is 0 Å². The first kappa shape index (κ1) is 12.0. The van der Waals surface area contributed by atoms with Crippen LogP contribution in [0.15, 0.2) is 10.9 Å². The first-order valence-electron chi connectivity index (χ1n) is 5.59. The van der Waals surface area contributed by atoms with Crippen molar-refractivity contribution >= 4 is 0 Å². The highest BCUT2D eigenvalue weighted by Crippen LogP contribution is 2.10. The third kappa shape index (κ3) is 3.86. The van der Waals surface area contributed by atoms with Crippen molar-refractivity contribution in [3.05, 3.63) is 27.9 Å². The van der Waals surface area contributed by atoms with E-state index in [1.165, 1.54) is 0 Å². The highest BCUT2D eigenvalue weighted by molar-refractivity contribution is 5.06. The van der Waals surface area contributed by atoms with E-state index in [1.807, 2.05) is 13.8 Å². The molecule has 1 N–H and O–H groups in total. The summed E-state index contributed by atoms with van der Waals surface area (Å²) in [6, 6.07) is 1.59. The molecule has 3 nitrogen and oxygen atoms in total. The Kier molecular flexibility index (Phi) is 4.06. The lowest BCUT2D eigenvalue weighted by molar-refractivity contribution is 0.571. The summed E-state index contributed by atoms with van der Waals surface area (Å²) in [5.74, 6) is 1.77. The minimum Gasteiger partial charge on any atom is -0.311 e. The van der Waals surface area contributed by atoms with Gasteiger partial charge in [-0.2, -0.15) is 0 Å². The summed E-state index contributed by atoms with van der Waals surface area (Å²) in [5, 5.41) is 0. The van der Waals surface area contributed by atoms with Crippen LogP contribution >= 0.6 is 0 Å². The molecule has 0 aliphatic heterocycles. The Morgan fingerprint density at radius 1 is 1.33 bits per heavy atom. The normalized spacial score (nSPS) is 11.3. The number of hydrogen-bond acceptors (Lipinski definition) is 2. The van der Waals surface area contributed by atoms with E-state index in [-0.39, 0.29) is 5.56 Å². The molecule has 0 aliphatic rings. The molecule has 1 heterocycles. The monoisotopic (exact) mass is 208 g/mol. The second kappa shape index (κ2) is 5.10. The summed E-state index contributed by atoms with van der Waals surface area (Å²) in [6.45, 7) is 8.44. The summed E-state index contributed by atoms with van der Waals surface area (Å²) < 4.78 is 0. The Bertz CT molecular complexity index is 366. The molecule has 1 aromatic rings. The number of H-pyrrole nitrogens is 1. The largest absolute Gasteiger partial charge is 0.311 e. The van der Waals surface area contributed by atoms with E-state index >= 15 is 0 Å². The van der Waals surface area contributed by atoms with Gasteiger partial charge < -0.3 is 4.98 Å². The van der Waals surface area contributed by atoms with Crippen LogP contribution < -0.4 is 5.56 Å². The van der Waals surface area contributed by atoms with Gasteiger partial charge in [-0.05, 0) is 18.3 Å². The predicted molar refractivity (Wildman–Crippen MR) is 62.1 cm³/mol. The molecule has 1 aromatic heterocycles. The summed E-state index contributed by atoms with van der Waals surface area (Å²) in [4.78, 5) is 18.6. The lowest BCUT2D eigenvalue weighted by atomic mass is 10.1. The standard InChI is InChI=1S/C12H20N2O/c1-8(2)5-6-11-13-10(9(3)4)7-12(15)14-11/h7-9H,5-6H2,1-4H3,(H,13,14,15). The molecule has 0 saturated carbocycles. The van der Waals surface area contributed by atoms with Crippen LogP contribution in [0.2, 0.25) is 0 Å². The van der Waals surface area contributed by atoms with E-state index in [2.05, 4.69) is 23.8 Å². The van der Waals surface area contributed by atoms with E-state index in [4.69, 9.17) is 0 Å². The van der Waals surface area contributed by atoms with Gasteiger partial charge in [0.2, 0.25) is 0 Å². The van der Waals surface area contributed by atoms with Gasteiger partial charge in [-0.1, -0.05) is 27.7 Å². The quantitative estimate of drug-likeness (QED) is 0.826. The van der Waals surface area contributed by atoms with Gasteiger partial charge >= 0.3 is 0 Å². The van der Waals surface area contributed by atoms with Crippen LogP contribution in [0, 0.1) is 5.92 Å². The molecule has 0 bridgehead atoms. The molecule has 0 aliphatic carbocycles. The Hall–Kier alpha value is -1.12. The van der Waals surface area contributed by atoms with Crippen molar-refractivity contribution in [1.29, 1.82) is 0 Å². The molecule has 0 saturated heterocycles. The summed E-state index contributed by atoms with van der Waals surface area (Å²) >= 11 is 0. The van der Waals surface area contributed by atoms with Gasteiger partial charge in [-0.15, -0.1) is 0 Å². The molecule has 0 atom stereocenters. The Balaban J connectivity index is 2.84. The molecule has 0 spiro atoms. The molecule has 0 fully saturated rings. The second-order valence-electron chi connectivity index (χ2n) is 4.70. The molecule has 3 heteroatoms. The number of nitrogens with zero attached hydrogens (tertiary/aromatic N) is 1. The Morgan fingerprint density at radius 3 is 2.53 bits per heavy atom. The highest BCUT2D eigenvalue weighted by Gasteiger charge is 2.05. The van der Waals surface area contributed by atoms with E-state index in [0.29, 0.717) is 11.8 Å². The number of aromatic nitrogens is 2. The van der Waals surface area contributed by atoms with Gasteiger partial charge in [0, 0.05) is 12.5 Å². The van der Waals surface area contributed by atoms with E-state index in [9.17, 15) is 4.79 Å². The molecular weight excluding hydrogens is 188 g/mol. The zero-order chi connectivity index (χ0) is 11.4. The van der Waals surface area contributed by atoms with Crippen molar-refractivity contribution in [2.45, 2.75) is 46.5 Å². The molecule has 0 amide bonds. The molecule has 0 aromatic carbocycles. The second-order valence-corrected chi connectivity index (χ2v) is 4.70. The van der Waals surface area contributed by atoms with Crippen LogP contribution in [0.25, 0.3) is 0 Å². The summed E-state index contributed by atoms with van der Waals surface area (Å²) in [6.07, 6.45) is 1.91. The van der Waals surface area contributed by atoms with Crippen molar-refractivity contribution < 1.29 is 0 Å². The maximum Gasteiger partial charge on any atom is 0.251 e. The van der Waals surface area contributed by atoms with Crippen molar-refractivity contribution in [2.24, 2.45) is 5.92 Å². The van der Waals surface area contributed by atoms with Gasteiger partial charge in [-0.3, -0.25) is 4.79 Å². The summed E-state index contributed by atoms with van der Waals surface area (Å²) in [7, 11) is 0. The molecule has 1 rings (SSSR count). The van der Waals surface area contributed by atoms with E-state index in [0.717, 1.165) is 24.4 Å². The number of nitrogens with one attached hydrogen (secondary N) is 1. The summed E-state index contributed by atoms with van der Waals surface area (Å²) in [5.41, 5.74) is 0.852. The highest BCUT2D eigenvalue weighted by atomic mass is 16.1. The van der Waals surface area contributed by atoms with E-state index < -0.39 is 0 Å². The van der Waals surface area contributed by atoms with Crippen LogP contribution in [-0.4, -0.2) is 9.97 Å². The SMILES string of the molecule is CC(C)CCc1nc(C(C)C)cc(=O)[nH]1. The first-order chi connectivity index (χ1) is 6.99. The molecular formula is C12H20N2O. The van der Waals surface area contributed by atoms with Gasteiger partial charge in [0.15, 0.2) is 0 Å². The smallest absolute Gasteiger partial charge is 0.251 e. The minimum absolute atomic E-state index is 0.0348. The van der Waals surface area contributed by atoms with Crippen LogP contribution in [0.1, 0.15) is 51.6 Å². The van der Waals surface area contributed by atoms with Crippen LogP contribution in [-0.2, 0) is 6.42 Å². The lowest BCUT2D eigenvalue weighted by Gasteiger charge is -2.07. The Morgan fingerprint density at radius 2 is 2.00 bits per heavy atom. The maximum absolute atomic E-state index is 11.4. The fourth-order valence-corrected chi connectivity index (χ4v) is 1.37. The third-order valence-electron chi connectivity index (χ3n) is 2.36. The zero-order valence-corrected chi connectivity index (χ0v) is 10.0. The first-order valence-corrected chi connectivity index (χ1v) is 5.59. The van der Waals surface area contributed by atoms with Gasteiger partial charge in [-0.25, -0.2) is 4.98 Å². The van der Waals surface area contributed by atoms with Crippen molar-refractivity contribution in [3.8, 4) is 0 Å². The van der Waals surface area contributed by atoms with Crippen molar-refractivity contribution in [3.63, 3.8) is 0 Å². The van der Waals surface area contributed by atoms with Gasteiger partial charge in [0.25, 0.3) is 5.56 Å². The molecule has 84 valence electrons. The maximum atomic E-state index is 11.4. The lowest BCUT2D eigenvalue weighted by Crippen LogP contribution is -2.14. The van der Waals surface area contributed by atoms with Crippen LogP contribution in [0.4, 0.5) is 0 Å². The topological polar surface area (TPSA) is 45.8 Å². The average molecular weight is 208 g/mol. The average Bonchev–Trinajstić information content (AvgIpc) is 2.13. The molecule has 15 heavy (non-hydrogen) atoms. The van der Waals surface area contributed by atoms with E-state index in [1.54, 1.807) is 6.07 Å². The number of rotatable bonds is 4. The molecule has 0 unspecified atom stereocenters. The molecule has 0 radical (unpaired) electrons.